The minimum Gasteiger partial charge on any atom is -0.362 e. The van der Waals surface area contributed by atoms with Crippen LogP contribution in [0.25, 0.3) is 0 Å². The molecule has 0 aromatic rings. The summed E-state index contributed by atoms with van der Waals surface area (Å²) in [5.74, 6) is -0.401. The topological polar surface area (TPSA) is 49.9 Å². The standard InChI is InChI=1S/C11H18N2O3/c14-10-8-16-9-11(15)13(10)7-6-12-4-2-1-3-5-12/h1-9H2. The van der Waals surface area contributed by atoms with Crippen molar-refractivity contribution in [3.8, 4) is 0 Å². The van der Waals surface area contributed by atoms with Crippen molar-refractivity contribution < 1.29 is 14.3 Å². The van der Waals surface area contributed by atoms with E-state index in [0.29, 0.717) is 6.54 Å². The molecule has 2 aliphatic heterocycles. The average Bonchev–Trinajstić information content (AvgIpc) is 2.30. The Labute approximate surface area is 95.3 Å². The number of amides is 2. The summed E-state index contributed by atoms with van der Waals surface area (Å²) in [5, 5.41) is 0. The summed E-state index contributed by atoms with van der Waals surface area (Å²) in [7, 11) is 0. The van der Waals surface area contributed by atoms with Gasteiger partial charge in [-0.3, -0.25) is 14.5 Å². The molecule has 0 radical (unpaired) electrons. The Morgan fingerprint density at radius 2 is 1.56 bits per heavy atom. The van der Waals surface area contributed by atoms with Gasteiger partial charge >= 0.3 is 0 Å². The third-order valence-corrected chi connectivity index (χ3v) is 3.14. The molecule has 0 spiro atoms. The second-order valence-corrected chi connectivity index (χ2v) is 4.33. The smallest absolute Gasteiger partial charge is 0.255 e. The Morgan fingerprint density at radius 3 is 2.19 bits per heavy atom. The van der Waals surface area contributed by atoms with Gasteiger partial charge < -0.3 is 9.64 Å². The van der Waals surface area contributed by atoms with E-state index in [1.807, 2.05) is 0 Å². The molecule has 5 nitrogen and oxygen atoms in total. The van der Waals surface area contributed by atoms with Gasteiger partial charge in [0.1, 0.15) is 13.2 Å². The van der Waals surface area contributed by atoms with Crippen molar-refractivity contribution in [2.45, 2.75) is 19.3 Å². The van der Waals surface area contributed by atoms with E-state index in [9.17, 15) is 9.59 Å². The highest BCUT2D eigenvalue weighted by Gasteiger charge is 2.26. The first-order valence-corrected chi connectivity index (χ1v) is 5.90. The SMILES string of the molecule is O=C1COCC(=O)N1CCN1CCCCC1. The number of nitrogens with zero attached hydrogens (tertiary/aromatic N) is 2. The third kappa shape index (κ3) is 2.80. The zero-order chi connectivity index (χ0) is 11.4. The molecule has 2 rings (SSSR count). The van der Waals surface area contributed by atoms with Crippen LogP contribution in [0.3, 0.4) is 0 Å². The van der Waals surface area contributed by atoms with Crippen LogP contribution in [0.2, 0.25) is 0 Å². The first-order valence-electron chi connectivity index (χ1n) is 5.90. The molecule has 0 N–H and O–H groups in total. The highest BCUT2D eigenvalue weighted by atomic mass is 16.5. The largest absolute Gasteiger partial charge is 0.362 e. The van der Waals surface area contributed by atoms with E-state index in [4.69, 9.17) is 4.74 Å². The quantitative estimate of drug-likeness (QED) is 0.628. The molecule has 2 amide bonds. The van der Waals surface area contributed by atoms with Gasteiger partial charge in [0.25, 0.3) is 11.8 Å². The summed E-state index contributed by atoms with van der Waals surface area (Å²) in [6.45, 7) is 3.59. The van der Waals surface area contributed by atoms with E-state index in [2.05, 4.69) is 4.90 Å². The summed E-state index contributed by atoms with van der Waals surface area (Å²) < 4.78 is 4.86. The van der Waals surface area contributed by atoms with Crippen LogP contribution in [0.1, 0.15) is 19.3 Å². The van der Waals surface area contributed by atoms with Crippen LogP contribution in [-0.4, -0.2) is 61.0 Å². The normalized spacial score (nSPS) is 23.9. The minimum atomic E-state index is -0.201. The van der Waals surface area contributed by atoms with Crippen LogP contribution < -0.4 is 0 Å². The van der Waals surface area contributed by atoms with Crippen molar-refractivity contribution in [1.82, 2.24) is 9.80 Å². The van der Waals surface area contributed by atoms with Gasteiger partial charge in [0.15, 0.2) is 0 Å². The number of rotatable bonds is 3. The maximum atomic E-state index is 11.4. The molecule has 90 valence electrons. The van der Waals surface area contributed by atoms with Crippen molar-refractivity contribution >= 4 is 11.8 Å². The lowest BCUT2D eigenvalue weighted by Crippen LogP contribution is -2.49. The van der Waals surface area contributed by atoms with Crippen molar-refractivity contribution in [2.24, 2.45) is 0 Å². The number of ether oxygens (including phenoxy) is 1. The summed E-state index contributed by atoms with van der Waals surface area (Å²) in [6, 6.07) is 0. The molecule has 0 bridgehead atoms. The number of hydrogen-bond donors (Lipinski definition) is 0. The molecule has 0 aromatic heterocycles. The number of piperidine rings is 1. The van der Waals surface area contributed by atoms with Gasteiger partial charge in [0, 0.05) is 13.1 Å². The molecule has 0 atom stereocenters. The predicted molar refractivity (Wildman–Crippen MR) is 57.8 cm³/mol. The summed E-state index contributed by atoms with van der Waals surface area (Å²) in [5.41, 5.74) is 0. The second kappa shape index (κ2) is 5.41. The Morgan fingerprint density at radius 1 is 0.938 bits per heavy atom. The molecule has 0 aromatic carbocycles. The maximum Gasteiger partial charge on any atom is 0.255 e. The van der Waals surface area contributed by atoms with Gasteiger partial charge in [-0.05, 0) is 25.9 Å². The van der Waals surface area contributed by atoms with Crippen LogP contribution in [-0.2, 0) is 14.3 Å². The highest BCUT2D eigenvalue weighted by Crippen LogP contribution is 2.09. The Balaban J connectivity index is 1.78. The van der Waals surface area contributed by atoms with Crippen molar-refractivity contribution in [3.05, 3.63) is 0 Å². The average molecular weight is 226 g/mol. The lowest BCUT2D eigenvalue weighted by atomic mass is 10.1. The van der Waals surface area contributed by atoms with Crippen LogP contribution in [0, 0.1) is 0 Å². The molecular formula is C11H18N2O3. The van der Waals surface area contributed by atoms with Crippen LogP contribution >= 0.6 is 0 Å². The van der Waals surface area contributed by atoms with E-state index < -0.39 is 0 Å². The van der Waals surface area contributed by atoms with Gasteiger partial charge in [-0.25, -0.2) is 0 Å². The Bertz CT molecular complexity index is 258. The fourth-order valence-electron chi connectivity index (χ4n) is 2.19. The zero-order valence-electron chi connectivity index (χ0n) is 9.48. The van der Waals surface area contributed by atoms with E-state index in [0.717, 1.165) is 19.6 Å². The molecule has 2 heterocycles. The van der Waals surface area contributed by atoms with E-state index in [1.165, 1.54) is 24.2 Å². The summed E-state index contributed by atoms with van der Waals surface area (Å²) in [4.78, 5) is 26.5. The molecule has 16 heavy (non-hydrogen) atoms. The van der Waals surface area contributed by atoms with Crippen molar-refractivity contribution in [1.29, 1.82) is 0 Å². The highest BCUT2D eigenvalue weighted by molar-refractivity contribution is 5.98. The molecule has 2 saturated heterocycles. The molecule has 2 fully saturated rings. The van der Waals surface area contributed by atoms with Gasteiger partial charge in [-0.15, -0.1) is 0 Å². The number of carbonyl (C=O) groups is 2. The minimum absolute atomic E-state index is 0.0474. The zero-order valence-corrected chi connectivity index (χ0v) is 9.48. The summed E-state index contributed by atoms with van der Waals surface area (Å²) in [6.07, 6.45) is 3.75. The van der Waals surface area contributed by atoms with E-state index >= 15 is 0 Å². The van der Waals surface area contributed by atoms with Gasteiger partial charge in [0.2, 0.25) is 0 Å². The summed E-state index contributed by atoms with van der Waals surface area (Å²) >= 11 is 0. The Hall–Kier alpha value is -0.940. The first kappa shape index (κ1) is 11.5. The number of morpholine rings is 1. The first-order chi connectivity index (χ1) is 7.77. The molecule has 5 heteroatoms. The van der Waals surface area contributed by atoms with Crippen LogP contribution in [0.15, 0.2) is 0 Å². The van der Waals surface area contributed by atoms with E-state index in [-0.39, 0.29) is 25.0 Å². The van der Waals surface area contributed by atoms with Crippen molar-refractivity contribution in [2.75, 3.05) is 39.4 Å². The van der Waals surface area contributed by atoms with Gasteiger partial charge in [-0.2, -0.15) is 0 Å². The molecule has 0 saturated carbocycles. The molecule has 2 aliphatic rings. The van der Waals surface area contributed by atoms with Crippen LogP contribution in [0.4, 0.5) is 0 Å². The fraction of sp³-hybridized carbons (Fsp3) is 0.818. The van der Waals surface area contributed by atoms with Gasteiger partial charge in [0.05, 0.1) is 0 Å². The molecule has 0 aliphatic carbocycles. The number of imide groups is 1. The third-order valence-electron chi connectivity index (χ3n) is 3.14. The Kier molecular flexibility index (Phi) is 3.90. The molecular weight excluding hydrogens is 208 g/mol. The van der Waals surface area contributed by atoms with Crippen molar-refractivity contribution in [3.63, 3.8) is 0 Å². The number of carbonyl (C=O) groups excluding carboxylic acids is 2. The fourth-order valence-corrected chi connectivity index (χ4v) is 2.19. The monoisotopic (exact) mass is 226 g/mol. The number of likely N-dealkylation sites (tertiary alicyclic amines) is 1. The lowest BCUT2D eigenvalue weighted by Gasteiger charge is -2.30. The maximum absolute atomic E-state index is 11.4. The van der Waals surface area contributed by atoms with Gasteiger partial charge in [-0.1, -0.05) is 6.42 Å². The number of hydrogen-bond acceptors (Lipinski definition) is 4. The molecule has 0 unspecified atom stereocenters. The van der Waals surface area contributed by atoms with Crippen LogP contribution in [0.5, 0.6) is 0 Å². The predicted octanol–water partition coefficient (Wildman–Crippen LogP) is -0.142. The van der Waals surface area contributed by atoms with E-state index in [1.54, 1.807) is 0 Å². The lowest BCUT2D eigenvalue weighted by molar-refractivity contribution is -0.158. The second-order valence-electron chi connectivity index (χ2n) is 4.33.